The summed E-state index contributed by atoms with van der Waals surface area (Å²) in [5.74, 6) is -0.250. The van der Waals surface area contributed by atoms with Crippen molar-refractivity contribution in [3.8, 4) is 6.07 Å². The quantitative estimate of drug-likeness (QED) is 0.704. The predicted molar refractivity (Wildman–Crippen MR) is 54.0 cm³/mol. The van der Waals surface area contributed by atoms with Crippen LogP contribution in [0, 0.1) is 11.3 Å². The van der Waals surface area contributed by atoms with Crippen molar-refractivity contribution >= 4 is 16.8 Å². The lowest BCUT2D eigenvalue weighted by molar-refractivity contribution is 0.0958. The number of carbonyl (C=O) groups excluding carboxylic acids is 1. The van der Waals surface area contributed by atoms with E-state index in [0.717, 1.165) is 10.9 Å². The number of fused-ring (bicyclic) bond motifs is 1. The van der Waals surface area contributed by atoms with Gasteiger partial charge in [-0.05, 0) is 18.2 Å². The van der Waals surface area contributed by atoms with E-state index in [0.29, 0.717) is 5.56 Å². The number of amides is 1. The molecule has 1 aromatic heterocycles. The van der Waals surface area contributed by atoms with Gasteiger partial charge in [0.25, 0.3) is 5.91 Å². The largest absolute Gasteiger partial charge is 0.339 e. The van der Waals surface area contributed by atoms with E-state index < -0.39 is 0 Å². The molecule has 0 aliphatic carbocycles. The van der Waals surface area contributed by atoms with Gasteiger partial charge >= 0.3 is 0 Å². The Kier molecular flexibility index (Phi) is 2.33. The van der Waals surface area contributed by atoms with Crippen LogP contribution in [0.1, 0.15) is 10.4 Å². The molecule has 15 heavy (non-hydrogen) atoms. The highest BCUT2D eigenvalue weighted by Crippen LogP contribution is 2.12. The summed E-state index contributed by atoms with van der Waals surface area (Å²) in [5, 5.41) is 18.3. The molecule has 0 unspecified atom stereocenters. The van der Waals surface area contributed by atoms with Crippen LogP contribution in [0.15, 0.2) is 24.4 Å². The molecule has 5 nitrogen and oxygen atoms in total. The van der Waals surface area contributed by atoms with E-state index in [4.69, 9.17) is 5.26 Å². The van der Waals surface area contributed by atoms with E-state index in [-0.39, 0.29) is 12.5 Å². The third kappa shape index (κ3) is 1.79. The molecule has 0 aliphatic rings. The van der Waals surface area contributed by atoms with Crippen molar-refractivity contribution in [3.05, 3.63) is 30.0 Å². The van der Waals surface area contributed by atoms with Crippen LogP contribution in [0.2, 0.25) is 0 Å². The SMILES string of the molecule is N#CCNC(=O)c1ccc2[nH]ncc2c1. The monoisotopic (exact) mass is 200 g/mol. The molecule has 0 fully saturated rings. The third-order valence-electron chi connectivity index (χ3n) is 2.03. The van der Waals surface area contributed by atoms with Gasteiger partial charge in [-0.2, -0.15) is 10.4 Å². The van der Waals surface area contributed by atoms with Gasteiger partial charge in [-0.15, -0.1) is 0 Å². The highest BCUT2D eigenvalue weighted by atomic mass is 16.1. The zero-order chi connectivity index (χ0) is 10.7. The first-order chi connectivity index (χ1) is 7.31. The van der Waals surface area contributed by atoms with Crippen molar-refractivity contribution in [2.45, 2.75) is 0 Å². The summed E-state index contributed by atoms with van der Waals surface area (Å²) in [5.41, 5.74) is 1.41. The second-order valence-electron chi connectivity index (χ2n) is 3.01. The maximum Gasteiger partial charge on any atom is 0.252 e. The Morgan fingerprint density at radius 3 is 3.27 bits per heavy atom. The third-order valence-corrected chi connectivity index (χ3v) is 2.03. The molecular formula is C10H8N4O. The number of nitrogens with one attached hydrogen (secondary N) is 2. The summed E-state index contributed by atoms with van der Waals surface area (Å²) >= 11 is 0. The van der Waals surface area contributed by atoms with Crippen LogP contribution in [0.3, 0.4) is 0 Å². The standard InChI is InChI=1S/C10H8N4O/c11-3-4-12-10(15)7-1-2-9-8(5-7)6-13-14-9/h1-2,5-6H,4H2,(H,12,15)(H,13,14). The summed E-state index contributed by atoms with van der Waals surface area (Å²) in [6.45, 7) is 0.0161. The Balaban J connectivity index is 2.28. The van der Waals surface area contributed by atoms with Crippen LogP contribution in [0.25, 0.3) is 10.9 Å². The van der Waals surface area contributed by atoms with E-state index in [1.807, 2.05) is 6.07 Å². The zero-order valence-corrected chi connectivity index (χ0v) is 7.82. The molecule has 2 N–H and O–H groups in total. The van der Waals surface area contributed by atoms with Crippen molar-refractivity contribution in [1.82, 2.24) is 15.5 Å². The summed E-state index contributed by atoms with van der Waals surface area (Å²) < 4.78 is 0. The van der Waals surface area contributed by atoms with E-state index in [2.05, 4.69) is 15.5 Å². The minimum atomic E-state index is -0.250. The van der Waals surface area contributed by atoms with Crippen molar-refractivity contribution in [2.24, 2.45) is 0 Å². The first-order valence-corrected chi connectivity index (χ1v) is 4.39. The van der Waals surface area contributed by atoms with E-state index in [9.17, 15) is 4.79 Å². The van der Waals surface area contributed by atoms with E-state index >= 15 is 0 Å². The van der Waals surface area contributed by atoms with Crippen LogP contribution in [-0.2, 0) is 0 Å². The molecule has 0 spiro atoms. The van der Waals surface area contributed by atoms with Crippen molar-refractivity contribution < 1.29 is 4.79 Å². The summed E-state index contributed by atoms with van der Waals surface area (Å²) in [6, 6.07) is 7.05. The molecule has 5 heteroatoms. The normalized spacial score (nSPS) is 9.80. The van der Waals surface area contributed by atoms with Crippen molar-refractivity contribution in [3.63, 3.8) is 0 Å². The Labute approximate surface area is 85.7 Å². The highest BCUT2D eigenvalue weighted by Gasteiger charge is 2.05. The van der Waals surface area contributed by atoms with Crippen LogP contribution in [0.5, 0.6) is 0 Å². The molecule has 1 heterocycles. The fraction of sp³-hybridized carbons (Fsp3) is 0.100. The molecule has 1 amide bonds. The molecule has 0 atom stereocenters. The zero-order valence-electron chi connectivity index (χ0n) is 7.82. The number of aromatic nitrogens is 2. The van der Waals surface area contributed by atoms with Gasteiger partial charge < -0.3 is 5.32 Å². The molecule has 2 aromatic rings. The van der Waals surface area contributed by atoms with E-state index in [1.54, 1.807) is 24.4 Å². The van der Waals surface area contributed by atoms with Gasteiger partial charge in [-0.1, -0.05) is 0 Å². The number of hydrogen-bond donors (Lipinski definition) is 2. The second-order valence-corrected chi connectivity index (χ2v) is 3.01. The molecule has 0 saturated heterocycles. The van der Waals surface area contributed by atoms with E-state index in [1.165, 1.54) is 0 Å². The number of nitrogens with zero attached hydrogens (tertiary/aromatic N) is 2. The fourth-order valence-electron chi connectivity index (χ4n) is 1.31. The van der Waals surface area contributed by atoms with Gasteiger partial charge in [0.15, 0.2) is 0 Å². The Hall–Kier alpha value is -2.35. The van der Waals surface area contributed by atoms with Gasteiger partial charge in [0.1, 0.15) is 6.54 Å². The highest BCUT2D eigenvalue weighted by molar-refractivity contribution is 5.97. The first kappa shape index (κ1) is 9.21. The molecule has 74 valence electrons. The molecule has 0 bridgehead atoms. The summed E-state index contributed by atoms with van der Waals surface area (Å²) in [4.78, 5) is 11.5. The predicted octanol–water partition coefficient (Wildman–Crippen LogP) is 0.816. The van der Waals surface area contributed by atoms with Gasteiger partial charge in [-0.3, -0.25) is 9.89 Å². The smallest absolute Gasteiger partial charge is 0.252 e. The molecular weight excluding hydrogens is 192 g/mol. The van der Waals surface area contributed by atoms with Crippen LogP contribution in [-0.4, -0.2) is 22.6 Å². The number of aromatic amines is 1. The molecule has 0 aliphatic heterocycles. The van der Waals surface area contributed by atoms with Crippen LogP contribution in [0.4, 0.5) is 0 Å². The Bertz CT molecular complexity index is 538. The van der Waals surface area contributed by atoms with Gasteiger partial charge in [0.2, 0.25) is 0 Å². The number of rotatable bonds is 2. The lowest BCUT2D eigenvalue weighted by atomic mass is 10.1. The molecule has 2 rings (SSSR count). The Morgan fingerprint density at radius 2 is 2.47 bits per heavy atom. The summed E-state index contributed by atoms with van der Waals surface area (Å²) in [6.07, 6.45) is 1.65. The van der Waals surface area contributed by atoms with Crippen LogP contribution < -0.4 is 5.32 Å². The topological polar surface area (TPSA) is 81.6 Å². The number of H-pyrrole nitrogens is 1. The van der Waals surface area contributed by atoms with Crippen molar-refractivity contribution in [2.75, 3.05) is 6.54 Å². The lowest BCUT2D eigenvalue weighted by Crippen LogP contribution is -2.23. The fourth-order valence-corrected chi connectivity index (χ4v) is 1.31. The van der Waals surface area contributed by atoms with Crippen LogP contribution >= 0.6 is 0 Å². The maximum absolute atomic E-state index is 11.5. The maximum atomic E-state index is 11.5. The molecule has 0 radical (unpaired) electrons. The Morgan fingerprint density at radius 1 is 1.60 bits per heavy atom. The average molecular weight is 200 g/mol. The molecule has 0 saturated carbocycles. The van der Waals surface area contributed by atoms with Gasteiger partial charge in [-0.25, -0.2) is 0 Å². The number of nitriles is 1. The number of hydrogen-bond acceptors (Lipinski definition) is 3. The number of carbonyl (C=O) groups is 1. The van der Waals surface area contributed by atoms with Crippen molar-refractivity contribution in [1.29, 1.82) is 5.26 Å². The average Bonchev–Trinajstić information content (AvgIpc) is 2.72. The molecule has 1 aromatic carbocycles. The first-order valence-electron chi connectivity index (χ1n) is 4.39. The summed E-state index contributed by atoms with van der Waals surface area (Å²) in [7, 11) is 0. The lowest BCUT2D eigenvalue weighted by Gasteiger charge is -2.00. The van der Waals surface area contributed by atoms with Gasteiger partial charge in [0, 0.05) is 10.9 Å². The number of benzene rings is 1. The minimum absolute atomic E-state index is 0.0161. The van der Waals surface area contributed by atoms with Gasteiger partial charge in [0.05, 0.1) is 17.8 Å². The second kappa shape index (κ2) is 3.80. The minimum Gasteiger partial charge on any atom is -0.339 e.